The molecule has 0 aromatic heterocycles. The van der Waals surface area contributed by atoms with Crippen LogP contribution in [0.3, 0.4) is 0 Å². The van der Waals surface area contributed by atoms with E-state index in [0.717, 1.165) is 55.3 Å². The number of nitrogens with zero attached hydrogens (tertiary/aromatic N) is 1. The topological polar surface area (TPSA) is 55.8 Å². The van der Waals surface area contributed by atoms with Crippen molar-refractivity contribution in [1.82, 2.24) is 0 Å². The van der Waals surface area contributed by atoms with Crippen LogP contribution in [-0.2, 0) is 0 Å². The molecule has 0 N–H and O–H groups in total. The fraction of sp³-hybridized carbons (Fsp3) is 0.590. The van der Waals surface area contributed by atoms with Crippen LogP contribution in [0.25, 0.3) is 0 Å². The van der Waals surface area contributed by atoms with Crippen LogP contribution < -0.4 is 14.4 Å². The average molecular weight is 614 g/mol. The first-order valence-electron chi connectivity index (χ1n) is 16.8. The Bertz CT molecular complexity index is 968. The maximum atomic E-state index is 11.8. The minimum absolute atomic E-state index is 0.0510. The molecule has 44 heavy (non-hydrogen) atoms. The van der Waals surface area contributed by atoms with E-state index in [-0.39, 0.29) is 5.78 Å². The first-order valence-corrected chi connectivity index (χ1v) is 16.8. The number of carbonyl (C=O) groups excluding carboxylic acids is 2. The third-order valence-corrected chi connectivity index (χ3v) is 6.74. The second kappa shape index (κ2) is 31.3. The SMILES string of the molecule is C/C=C(\C)CC(C)CC.CC.CCCCC.CCCN(CCC)c1cccc(C=O)c1C(C)=O.COc1ccccc1OC. The largest absolute Gasteiger partial charge is 0.493 e. The van der Waals surface area contributed by atoms with Crippen LogP contribution in [-0.4, -0.2) is 39.4 Å². The minimum Gasteiger partial charge on any atom is -0.493 e. The van der Waals surface area contributed by atoms with Crippen molar-refractivity contribution in [3.63, 3.8) is 0 Å². The minimum atomic E-state index is -0.0510. The fourth-order valence-electron chi connectivity index (χ4n) is 4.15. The molecule has 0 amide bonds. The van der Waals surface area contributed by atoms with E-state index in [1.54, 1.807) is 20.3 Å². The number of allylic oxidation sites excluding steroid dienone is 2. The van der Waals surface area contributed by atoms with Gasteiger partial charge in [0.2, 0.25) is 0 Å². The van der Waals surface area contributed by atoms with Crippen LogP contribution in [0.1, 0.15) is 142 Å². The molecule has 0 radical (unpaired) electrons. The Labute approximate surface area is 272 Å². The number of methoxy groups -OCH3 is 2. The highest BCUT2D eigenvalue weighted by Crippen LogP contribution is 2.25. The van der Waals surface area contributed by atoms with Gasteiger partial charge in [-0.2, -0.15) is 0 Å². The Morgan fingerprint density at radius 1 is 0.818 bits per heavy atom. The van der Waals surface area contributed by atoms with E-state index in [1.165, 1.54) is 44.6 Å². The number of ether oxygens (including phenoxy) is 2. The van der Waals surface area contributed by atoms with Gasteiger partial charge in [-0.05, 0) is 64.2 Å². The normalized spacial score (nSPS) is 10.5. The lowest BCUT2D eigenvalue weighted by Gasteiger charge is -2.26. The zero-order valence-corrected chi connectivity index (χ0v) is 30.7. The van der Waals surface area contributed by atoms with Crippen LogP contribution in [0, 0.1) is 5.92 Å². The molecular formula is C39H67NO4. The molecule has 0 aliphatic heterocycles. The Kier molecular flexibility index (Phi) is 32.3. The van der Waals surface area contributed by atoms with E-state index in [9.17, 15) is 9.59 Å². The van der Waals surface area contributed by atoms with Crippen LogP contribution in [0.4, 0.5) is 5.69 Å². The summed E-state index contributed by atoms with van der Waals surface area (Å²) in [6, 6.07) is 13.0. The van der Waals surface area contributed by atoms with Gasteiger partial charge in [-0.3, -0.25) is 9.59 Å². The quantitative estimate of drug-likeness (QED) is 0.120. The Morgan fingerprint density at radius 3 is 1.64 bits per heavy atom. The van der Waals surface area contributed by atoms with Gasteiger partial charge in [-0.1, -0.05) is 117 Å². The molecule has 0 bridgehead atoms. The van der Waals surface area contributed by atoms with Crippen molar-refractivity contribution in [2.45, 2.75) is 121 Å². The Hall–Kier alpha value is -3.08. The summed E-state index contributed by atoms with van der Waals surface area (Å²) in [6.07, 6.45) is 11.6. The van der Waals surface area contributed by atoms with Crippen molar-refractivity contribution in [3.8, 4) is 11.5 Å². The fourth-order valence-corrected chi connectivity index (χ4v) is 4.15. The van der Waals surface area contributed by atoms with Gasteiger partial charge >= 0.3 is 0 Å². The number of Topliss-reactive ketones (excluding diaryl/α,β-unsaturated/α-hetero) is 1. The molecule has 0 spiro atoms. The number of rotatable bonds is 14. The number of para-hydroxylation sites is 2. The number of ketones is 1. The lowest BCUT2D eigenvalue weighted by molar-refractivity contribution is 0.101. The molecule has 0 aliphatic rings. The lowest BCUT2D eigenvalue weighted by Crippen LogP contribution is -2.27. The van der Waals surface area contributed by atoms with Gasteiger partial charge in [0.1, 0.15) is 0 Å². The smallest absolute Gasteiger partial charge is 0.162 e. The summed E-state index contributed by atoms with van der Waals surface area (Å²) in [5, 5.41) is 0. The summed E-state index contributed by atoms with van der Waals surface area (Å²) < 4.78 is 10.0. The highest BCUT2D eigenvalue weighted by molar-refractivity contribution is 6.06. The standard InChI is InChI=1S/C15H21NO2.C9H18.C8H10O2.C5H12.C2H6/c1-4-9-16(10-5-2)14-8-6-7-13(11-17)15(14)12(3)18;1-5-8(3)7-9(4)6-2;1-9-7-5-3-4-6-8(7)10-2;1-3-5-4-2;1-2/h6-8,11H,4-5,9-10H2,1-3H3;5,9H,6-7H2,1-4H3;3-6H,1-2H3;3-5H2,1-2H3;1-2H3/b;8-5+;;;. The van der Waals surface area contributed by atoms with Crippen molar-refractivity contribution >= 4 is 17.8 Å². The van der Waals surface area contributed by atoms with E-state index in [2.05, 4.69) is 66.4 Å². The monoisotopic (exact) mass is 614 g/mol. The number of benzene rings is 2. The molecule has 1 unspecified atom stereocenters. The maximum absolute atomic E-state index is 11.8. The van der Waals surface area contributed by atoms with Crippen LogP contribution in [0.5, 0.6) is 11.5 Å². The summed E-state index contributed by atoms with van der Waals surface area (Å²) in [7, 11) is 3.25. The average Bonchev–Trinajstić information content (AvgIpc) is 3.06. The predicted molar refractivity (Wildman–Crippen MR) is 194 cm³/mol. The van der Waals surface area contributed by atoms with Crippen molar-refractivity contribution in [3.05, 3.63) is 65.2 Å². The molecule has 0 aliphatic carbocycles. The van der Waals surface area contributed by atoms with E-state index >= 15 is 0 Å². The molecule has 0 fully saturated rings. The van der Waals surface area contributed by atoms with Gasteiger partial charge in [0, 0.05) is 24.3 Å². The van der Waals surface area contributed by atoms with E-state index in [1.807, 2.05) is 50.2 Å². The second-order valence-electron chi connectivity index (χ2n) is 10.5. The molecular weight excluding hydrogens is 546 g/mol. The van der Waals surface area contributed by atoms with E-state index in [4.69, 9.17) is 9.47 Å². The van der Waals surface area contributed by atoms with Crippen molar-refractivity contribution in [2.24, 2.45) is 5.92 Å². The first kappa shape index (κ1) is 45.4. The second-order valence-corrected chi connectivity index (χ2v) is 10.5. The molecule has 0 saturated carbocycles. The van der Waals surface area contributed by atoms with Crippen molar-refractivity contribution in [2.75, 3.05) is 32.2 Å². The zero-order valence-electron chi connectivity index (χ0n) is 30.7. The molecule has 2 rings (SSSR count). The number of aldehydes is 1. The first-order chi connectivity index (χ1) is 21.1. The van der Waals surface area contributed by atoms with Crippen molar-refractivity contribution < 1.29 is 19.1 Å². The van der Waals surface area contributed by atoms with Crippen LogP contribution >= 0.6 is 0 Å². The molecule has 2 aromatic rings. The molecule has 2 aromatic carbocycles. The number of anilines is 1. The van der Waals surface area contributed by atoms with Gasteiger partial charge < -0.3 is 14.4 Å². The molecule has 1 atom stereocenters. The van der Waals surface area contributed by atoms with Crippen LogP contribution in [0.2, 0.25) is 0 Å². The Morgan fingerprint density at radius 2 is 1.32 bits per heavy atom. The number of hydrogen-bond donors (Lipinski definition) is 0. The van der Waals surface area contributed by atoms with Gasteiger partial charge in [0.25, 0.3) is 0 Å². The molecule has 5 heteroatoms. The molecule has 0 heterocycles. The summed E-state index contributed by atoms with van der Waals surface area (Å²) in [4.78, 5) is 25.0. The zero-order chi connectivity index (χ0) is 34.3. The predicted octanol–water partition coefficient (Wildman–Crippen LogP) is 11.6. The van der Waals surface area contributed by atoms with Crippen molar-refractivity contribution in [1.29, 1.82) is 0 Å². The third kappa shape index (κ3) is 20.8. The number of hydrogen-bond acceptors (Lipinski definition) is 5. The summed E-state index contributed by atoms with van der Waals surface area (Å²) in [5.74, 6) is 2.35. The van der Waals surface area contributed by atoms with Gasteiger partial charge in [-0.25, -0.2) is 0 Å². The summed E-state index contributed by atoms with van der Waals surface area (Å²) in [5.41, 5.74) is 3.44. The number of carbonyl (C=O) groups is 2. The highest BCUT2D eigenvalue weighted by atomic mass is 16.5. The Balaban J connectivity index is -0.000000550. The number of unbranched alkanes of at least 4 members (excludes halogenated alkanes) is 2. The van der Waals surface area contributed by atoms with Gasteiger partial charge in [0.15, 0.2) is 23.6 Å². The van der Waals surface area contributed by atoms with Crippen LogP contribution in [0.15, 0.2) is 54.1 Å². The van der Waals surface area contributed by atoms with Gasteiger partial charge in [-0.15, -0.1) is 0 Å². The summed E-state index contributed by atoms with van der Waals surface area (Å²) >= 11 is 0. The molecule has 5 nitrogen and oxygen atoms in total. The summed E-state index contributed by atoms with van der Waals surface area (Å²) in [6.45, 7) is 24.8. The van der Waals surface area contributed by atoms with E-state index in [0.29, 0.717) is 11.1 Å². The highest BCUT2D eigenvalue weighted by Gasteiger charge is 2.16. The van der Waals surface area contributed by atoms with Gasteiger partial charge in [0.05, 0.1) is 19.8 Å². The van der Waals surface area contributed by atoms with E-state index < -0.39 is 0 Å². The lowest BCUT2D eigenvalue weighted by atomic mass is 10.00. The molecule has 0 saturated heterocycles. The maximum Gasteiger partial charge on any atom is 0.162 e. The molecule has 252 valence electrons. The third-order valence-electron chi connectivity index (χ3n) is 6.74.